The Morgan fingerprint density at radius 1 is 1.35 bits per heavy atom. The molecule has 0 aliphatic heterocycles. The Labute approximate surface area is 154 Å². The van der Waals surface area contributed by atoms with E-state index in [9.17, 15) is 9.59 Å². The molecule has 1 aromatic heterocycles. The van der Waals surface area contributed by atoms with Gasteiger partial charge in [0.15, 0.2) is 0 Å². The van der Waals surface area contributed by atoms with E-state index in [0.717, 1.165) is 44.9 Å². The van der Waals surface area contributed by atoms with Gasteiger partial charge in [0, 0.05) is 24.7 Å². The molecule has 0 saturated heterocycles. The van der Waals surface area contributed by atoms with Crippen molar-refractivity contribution in [1.29, 1.82) is 0 Å². The Kier molecular flexibility index (Phi) is 4.37. The maximum atomic E-state index is 12.8. The SMILES string of the molecule is CCNC(=O)OC12CC3CCCC(NC(=O)c4ccccn4)(C1)C(C3)C2. The highest BCUT2D eigenvalue weighted by atomic mass is 16.6. The van der Waals surface area contributed by atoms with Crippen LogP contribution in [0.4, 0.5) is 4.79 Å². The normalized spacial score (nSPS) is 34.8. The van der Waals surface area contributed by atoms with Crippen LogP contribution in [0.15, 0.2) is 24.4 Å². The summed E-state index contributed by atoms with van der Waals surface area (Å²) in [6.45, 7) is 2.45. The lowest BCUT2D eigenvalue weighted by Crippen LogP contribution is -2.51. The summed E-state index contributed by atoms with van der Waals surface area (Å²) in [5.74, 6) is 0.829. The first-order valence-corrected chi connectivity index (χ1v) is 9.75. The summed E-state index contributed by atoms with van der Waals surface area (Å²) in [6, 6.07) is 5.38. The smallest absolute Gasteiger partial charge is 0.407 e. The third-order valence-electron chi connectivity index (χ3n) is 6.44. The average molecular weight is 357 g/mol. The molecule has 3 bridgehead atoms. The molecule has 0 radical (unpaired) electrons. The lowest BCUT2D eigenvalue weighted by Gasteiger charge is -2.37. The molecule has 2 amide bonds. The minimum atomic E-state index is -0.440. The van der Waals surface area contributed by atoms with Crippen LogP contribution < -0.4 is 10.6 Å². The first-order chi connectivity index (χ1) is 12.5. The van der Waals surface area contributed by atoms with Crippen LogP contribution >= 0.6 is 0 Å². The molecule has 4 unspecified atom stereocenters. The number of hydrogen-bond acceptors (Lipinski definition) is 4. The van der Waals surface area contributed by atoms with Gasteiger partial charge < -0.3 is 15.4 Å². The molecular formula is C20H27N3O3. The van der Waals surface area contributed by atoms with Gasteiger partial charge in [0.05, 0.1) is 0 Å². The van der Waals surface area contributed by atoms with E-state index >= 15 is 0 Å². The molecule has 3 fully saturated rings. The fraction of sp³-hybridized carbons (Fsp3) is 0.650. The van der Waals surface area contributed by atoms with Gasteiger partial charge in [-0.15, -0.1) is 0 Å². The highest BCUT2D eigenvalue weighted by molar-refractivity contribution is 5.92. The molecule has 4 rings (SSSR count). The third kappa shape index (κ3) is 3.06. The average Bonchev–Trinajstić information content (AvgIpc) is 2.73. The van der Waals surface area contributed by atoms with Crippen molar-refractivity contribution in [3.8, 4) is 0 Å². The second-order valence-electron chi connectivity index (χ2n) is 8.20. The quantitative estimate of drug-likeness (QED) is 0.868. The maximum absolute atomic E-state index is 12.8. The summed E-state index contributed by atoms with van der Waals surface area (Å²) in [5, 5.41) is 6.08. The zero-order chi connectivity index (χ0) is 18.2. The van der Waals surface area contributed by atoms with Crippen LogP contribution in [0.25, 0.3) is 0 Å². The molecule has 6 heteroatoms. The van der Waals surface area contributed by atoms with E-state index in [-0.39, 0.29) is 17.5 Å². The number of carbonyl (C=O) groups is 2. The van der Waals surface area contributed by atoms with Crippen molar-refractivity contribution in [3.05, 3.63) is 30.1 Å². The lowest BCUT2D eigenvalue weighted by molar-refractivity contribution is -0.0235. The van der Waals surface area contributed by atoms with Crippen LogP contribution in [0.3, 0.4) is 0 Å². The van der Waals surface area contributed by atoms with Gasteiger partial charge in [0.2, 0.25) is 0 Å². The second kappa shape index (κ2) is 6.56. The zero-order valence-electron chi connectivity index (χ0n) is 15.3. The van der Waals surface area contributed by atoms with E-state index in [1.165, 1.54) is 0 Å². The van der Waals surface area contributed by atoms with Crippen LogP contribution in [0, 0.1) is 11.8 Å². The number of nitrogens with zero attached hydrogens (tertiary/aromatic N) is 1. The van der Waals surface area contributed by atoms with Crippen molar-refractivity contribution in [3.63, 3.8) is 0 Å². The van der Waals surface area contributed by atoms with Gasteiger partial charge in [-0.25, -0.2) is 4.79 Å². The van der Waals surface area contributed by atoms with E-state index in [0.29, 0.717) is 24.1 Å². The van der Waals surface area contributed by atoms with Gasteiger partial charge >= 0.3 is 6.09 Å². The van der Waals surface area contributed by atoms with E-state index in [1.807, 2.05) is 19.1 Å². The van der Waals surface area contributed by atoms with Crippen LogP contribution in [0.1, 0.15) is 62.4 Å². The highest BCUT2D eigenvalue weighted by Crippen LogP contribution is 2.59. The predicted molar refractivity (Wildman–Crippen MR) is 96.6 cm³/mol. The summed E-state index contributed by atoms with van der Waals surface area (Å²) in [6.07, 6.45) is 8.12. The fourth-order valence-electron chi connectivity index (χ4n) is 5.62. The van der Waals surface area contributed by atoms with Gasteiger partial charge in [-0.3, -0.25) is 9.78 Å². The maximum Gasteiger partial charge on any atom is 0.407 e. The molecule has 4 atom stereocenters. The number of nitrogens with one attached hydrogen (secondary N) is 2. The Balaban J connectivity index is 1.58. The fourth-order valence-corrected chi connectivity index (χ4v) is 5.62. The Hall–Kier alpha value is -2.11. The highest BCUT2D eigenvalue weighted by Gasteiger charge is 2.61. The molecule has 1 heterocycles. The monoisotopic (exact) mass is 357 g/mol. The van der Waals surface area contributed by atoms with E-state index < -0.39 is 5.60 Å². The Bertz CT molecular complexity index is 695. The standard InChI is InChI=1S/C20H27N3O3/c1-2-21-18(25)26-19-11-14-6-5-8-20(13-19,15(10-14)12-19)23-17(24)16-7-3-4-9-22-16/h3-4,7,9,14-15H,2,5-6,8,10-13H2,1H3,(H,21,25)(H,23,24). The lowest BCUT2D eigenvalue weighted by atomic mass is 9.77. The van der Waals surface area contributed by atoms with Crippen molar-refractivity contribution >= 4 is 12.0 Å². The number of aromatic nitrogens is 1. The number of hydrogen-bond donors (Lipinski definition) is 2. The molecule has 0 spiro atoms. The van der Waals surface area contributed by atoms with E-state index in [1.54, 1.807) is 12.3 Å². The third-order valence-corrected chi connectivity index (χ3v) is 6.44. The van der Waals surface area contributed by atoms with Gasteiger partial charge in [0.25, 0.3) is 5.91 Å². The first-order valence-electron chi connectivity index (χ1n) is 9.75. The summed E-state index contributed by atoms with van der Waals surface area (Å²) < 4.78 is 5.94. The van der Waals surface area contributed by atoms with Gasteiger partial charge in [-0.1, -0.05) is 18.9 Å². The van der Waals surface area contributed by atoms with Crippen molar-refractivity contribution in [1.82, 2.24) is 15.6 Å². The topological polar surface area (TPSA) is 80.3 Å². The first kappa shape index (κ1) is 17.3. The number of alkyl carbamates (subject to hydrolysis) is 1. The number of amides is 2. The number of pyridine rings is 1. The minimum absolute atomic E-state index is 0.121. The molecule has 3 aliphatic rings. The van der Waals surface area contributed by atoms with Crippen molar-refractivity contribution in [2.75, 3.05) is 6.54 Å². The molecular weight excluding hydrogens is 330 g/mol. The van der Waals surface area contributed by atoms with Crippen LogP contribution in [0.5, 0.6) is 0 Å². The summed E-state index contributed by atoms with van der Waals surface area (Å²) >= 11 is 0. The van der Waals surface area contributed by atoms with Crippen molar-refractivity contribution < 1.29 is 14.3 Å². The predicted octanol–water partition coefficient (Wildman–Crippen LogP) is 3.04. The van der Waals surface area contributed by atoms with E-state index in [4.69, 9.17) is 4.74 Å². The number of ether oxygens (including phenoxy) is 1. The van der Waals surface area contributed by atoms with Crippen LogP contribution in [-0.4, -0.2) is 34.7 Å². The van der Waals surface area contributed by atoms with Gasteiger partial charge in [0.1, 0.15) is 11.3 Å². The largest absolute Gasteiger partial charge is 0.443 e. The summed E-state index contributed by atoms with van der Waals surface area (Å²) in [7, 11) is 0. The summed E-state index contributed by atoms with van der Waals surface area (Å²) in [5.41, 5.74) is -0.278. The number of fused-ring (bicyclic) bond motifs is 2. The Morgan fingerprint density at radius 3 is 3.00 bits per heavy atom. The molecule has 3 aliphatic carbocycles. The molecule has 140 valence electrons. The molecule has 2 N–H and O–H groups in total. The van der Waals surface area contributed by atoms with Crippen molar-refractivity contribution in [2.45, 2.75) is 63.0 Å². The van der Waals surface area contributed by atoms with Crippen LogP contribution in [0.2, 0.25) is 0 Å². The van der Waals surface area contributed by atoms with Crippen molar-refractivity contribution in [2.24, 2.45) is 11.8 Å². The molecule has 1 aromatic rings. The Morgan fingerprint density at radius 2 is 2.23 bits per heavy atom. The summed E-state index contributed by atoms with van der Waals surface area (Å²) in [4.78, 5) is 29.1. The van der Waals surface area contributed by atoms with E-state index in [2.05, 4.69) is 15.6 Å². The van der Waals surface area contributed by atoms with Gasteiger partial charge in [-0.05, 0) is 56.6 Å². The zero-order valence-corrected chi connectivity index (χ0v) is 15.3. The van der Waals surface area contributed by atoms with Gasteiger partial charge in [-0.2, -0.15) is 0 Å². The minimum Gasteiger partial charge on any atom is -0.443 e. The molecule has 3 saturated carbocycles. The second-order valence-corrected chi connectivity index (χ2v) is 8.20. The molecule has 0 aromatic carbocycles. The molecule has 6 nitrogen and oxygen atoms in total. The number of carbonyl (C=O) groups excluding carboxylic acids is 2. The molecule has 26 heavy (non-hydrogen) atoms. The number of rotatable bonds is 4. The van der Waals surface area contributed by atoms with Crippen LogP contribution in [-0.2, 0) is 4.74 Å².